The van der Waals surface area contributed by atoms with Crippen LogP contribution >= 0.6 is 24.0 Å². The molecule has 0 aromatic heterocycles. The van der Waals surface area contributed by atoms with E-state index in [1.54, 1.807) is 14.2 Å². The van der Waals surface area contributed by atoms with Crippen LogP contribution in [0.3, 0.4) is 0 Å². The van der Waals surface area contributed by atoms with E-state index in [4.69, 9.17) is 9.47 Å². The van der Waals surface area contributed by atoms with E-state index in [1.165, 1.54) is 0 Å². The Morgan fingerprint density at radius 2 is 1.77 bits per heavy atom. The number of methoxy groups -OCH3 is 1. The molecule has 7 nitrogen and oxygen atoms in total. The molecule has 0 spiro atoms. The van der Waals surface area contributed by atoms with Crippen LogP contribution in [0.4, 0.5) is 0 Å². The standard InChI is InChI=1S/C14H28N4O3.HI/c1-15-14(17-6-3-9-21-11-10-20-2)18-8-7-16-13(19)12-4-5-12;/h12H,3-11H2,1-2H3,(H,16,19)(H2,15,17,18);1H. The molecule has 0 unspecified atom stereocenters. The van der Waals surface area contributed by atoms with Gasteiger partial charge in [0.2, 0.25) is 5.91 Å². The molecule has 130 valence electrons. The topological polar surface area (TPSA) is 84.0 Å². The first-order valence-corrected chi connectivity index (χ1v) is 7.57. The number of ether oxygens (including phenoxy) is 2. The maximum Gasteiger partial charge on any atom is 0.223 e. The predicted molar refractivity (Wildman–Crippen MR) is 97.8 cm³/mol. The first-order valence-electron chi connectivity index (χ1n) is 7.57. The molecule has 0 aromatic rings. The molecule has 0 radical (unpaired) electrons. The summed E-state index contributed by atoms with van der Waals surface area (Å²) in [5, 5.41) is 9.26. The van der Waals surface area contributed by atoms with E-state index in [1.807, 2.05) is 0 Å². The van der Waals surface area contributed by atoms with Crippen LogP contribution < -0.4 is 16.0 Å². The first-order chi connectivity index (χ1) is 10.3. The molecular weight excluding hydrogens is 399 g/mol. The van der Waals surface area contributed by atoms with Gasteiger partial charge in [-0.2, -0.15) is 0 Å². The van der Waals surface area contributed by atoms with Crippen LogP contribution in [0, 0.1) is 5.92 Å². The van der Waals surface area contributed by atoms with E-state index < -0.39 is 0 Å². The maximum atomic E-state index is 11.4. The van der Waals surface area contributed by atoms with Crippen molar-refractivity contribution in [3.05, 3.63) is 0 Å². The Hall–Kier alpha value is -0.610. The van der Waals surface area contributed by atoms with Crippen molar-refractivity contribution in [1.82, 2.24) is 16.0 Å². The normalized spacial score (nSPS) is 14.2. The zero-order chi connectivity index (χ0) is 15.3. The van der Waals surface area contributed by atoms with Gasteiger partial charge in [0.15, 0.2) is 5.96 Å². The number of halogens is 1. The summed E-state index contributed by atoms with van der Waals surface area (Å²) in [6.07, 6.45) is 2.98. The lowest BCUT2D eigenvalue weighted by molar-refractivity contribution is -0.122. The third kappa shape index (κ3) is 11.0. The number of hydrogen-bond acceptors (Lipinski definition) is 4. The Morgan fingerprint density at radius 1 is 1.09 bits per heavy atom. The van der Waals surface area contributed by atoms with Crippen molar-refractivity contribution >= 4 is 35.8 Å². The number of amides is 1. The molecular formula is C14H29IN4O3. The van der Waals surface area contributed by atoms with Crippen LogP contribution in [0.15, 0.2) is 4.99 Å². The Labute approximate surface area is 150 Å². The zero-order valence-electron chi connectivity index (χ0n) is 13.5. The van der Waals surface area contributed by atoms with Gasteiger partial charge in [-0.1, -0.05) is 0 Å². The van der Waals surface area contributed by atoms with Crippen molar-refractivity contribution < 1.29 is 14.3 Å². The quantitative estimate of drug-likeness (QED) is 0.192. The van der Waals surface area contributed by atoms with Gasteiger partial charge in [-0.15, -0.1) is 24.0 Å². The molecule has 1 amide bonds. The van der Waals surface area contributed by atoms with Crippen molar-refractivity contribution in [3.8, 4) is 0 Å². The molecule has 0 saturated heterocycles. The number of hydrogen-bond donors (Lipinski definition) is 3. The van der Waals surface area contributed by atoms with Crippen molar-refractivity contribution in [1.29, 1.82) is 0 Å². The third-order valence-electron chi connectivity index (χ3n) is 3.08. The Bertz CT molecular complexity index is 325. The van der Waals surface area contributed by atoms with Crippen LogP contribution in [-0.4, -0.2) is 65.5 Å². The highest BCUT2D eigenvalue weighted by atomic mass is 127. The molecule has 3 N–H and O–H groups in total. The van der Waals surface area contributed by atoms with Crippen molar-refractivity contribution in [2.75, 3.05) is 53.6 Å². The third-order valence-corrected chi connectivity index (χ3v) is 3.08. The van der Waals surface area contributed by atoms with E-state index in [0.29, 0.717) is 32.9 Å². The summed E-state index contributed by atoms with van der Waals surface area (Å²) in [4.78, 5) is 15.6. The summed E-state index contributed by atoms with van der Waals surface area (Å²) in [5.41, 5.74) is 0. The average Bonchev–Trinajstić information content (AvgIpc) is 3.33. The fraction of sp³-hybridized carbons (Fsp3) is 0.857. The summed E-state index contributed by atoms with van der Waals surface area (Å²) in [7, 11) is 3.39. The minimum absolute atomic E-state index is 0. The second kappa shape index (κ2) is 14.0. The lowest BCUT2D eigenvalue weighted by atomic mass is 10.4. The van der Waals surface area contributed by atoms with Crippen molar-refractivity contribution in [2.45, 2.75) is 19.3 Å². The molecule has 8 heteroatoms. The van der Waals surface area contributed by atoms with Gasteiger partial charge in [0, 0.05) is 46.3 Å². The Balaban J connectivity index is 0.00000441. The Kier molecular flexibility index (Phi) is 13.6. The lowest BCUT2D eigenvalue weighted by Gasteiger charge is -2.12. The number of carbonyl (C=O) groups is 1. The van der Waals surface area contributed by atoms with Gasteiger partial charge in [-0.3, -0.25) is 9.79 Å². The molecule has 1 fully saturated rings. The number of nitrogens with one attached hydrogen (secondary N) is 3. The van der Waals surface area contributed by atoms with Crippen LogP contribution in [0.5, 0.6) is 0 Å². The Morgan fingerprint density at radius 3 is 2.41 bits per heavy atom. The molecule has 1 saturated carbocycles. The van der Waals surface area contributed by atoms with Gasteiger partial charge in [-0.05, 0) is 19.3 Å². The molecule has 0 aromatic carbocycles. The minimum Gasteiger partial charge on any atom is -0.382 e. The van der Waals surface area contributed by atoms with Crippen LogP contribution in [0.2, 0.25) is 0 Å². The second-order valence-corrected chi connectivity index (χ2v) is 4.95. The van der Waals surface area contributed by atoms with Gasteiger partial charge < -0.3 is 25.4 Å². The monoisotopic (exact) mass is 428 g/mol. The molecule has 0 bridgehead atoms. The number of guanidine groups is 1. The smallest absolute Gasteiger partial charge is 0.223 e. The summed E-state index contributed by atoms with van der Waals surface area (Å²) >= 11 is 0. The molecule has 1 aliphatic rings. The highest BCUT2D eigenvalue weighted by molar-refractivity contribution is 14.0. The van der Waals surface area contributed by atoms with Gasteiger partial charge >= 0.3 is 0 Å². The molecule has 0 aliphatic heterocycles. The molecule has 22 heavy (non-hydrogen) atoms. The first kappa shape index (κ1) is 21.4. The van der Waals surface area contributed by atoms with E-state index in [2.05, 4.69) is 20.9 Å². The summed E-state index contributed by atoms with van der Waals surface area (Å²) in [6, 6.07) is 0. The summed E-state index contributed by atoms with van der Waals surface area (Å²) in [6.45, 7) is 4.04. The van der Waals surface area contributed by atoms with E-state index in [0.717, 1.165) is 31.8 Å². The number of carbonyl (C=O) groups excluding carboxylic acids is 1. The van der Waals surface area contributed by atoms with Crippen LogP contribution in [0.1, 0.15) is 19.3 Å². The van der Waals surface area contributed by atoms with Crippen molar-refractivity contribution in [2.24, 2.45) is 10.9 Å². The minimum atomic E-state index is 0. The largest absolute Gasteiger partial charge is 0.382 e. The maximum absolute atomic E-state index is 11.4. The molecule has 0 atom stereocenters. The summed E-state index contributed by atoms with van der Waals surface area (Å²) in [5.74, 6) is 1.18. The highest BCUT2D eigenvalue weighted by Crippen LogP contribution is 2.28. The highest BCUT2D eigenvalue weighted by Gasteiger charge is 2.28. The van der Waals surface area contributed by atoms with Gasteiger partial charge in [0.05, 0.1) is 13.2 Å². The fourth-order valence-electron chi connectivity index (χ4n) is 1.70. The molecule has 0 heterocycles. The second-order valence-electron chi connectivity index (χ2n) is 4.95. The van der Waals surface area contributed by atoms with Gasteiger partial charge in [0.25, 0.3) is 0 Å². The van der Waals surface area contributed by atoms with E-state index in [9.17, 15) is 4.79 Å². The van der Waals surface area contributed by atoms with Crippen LogP contribution in [0.25, 0.3) is 0 Å². The van der Waals surface area contributed by atoms with E-state index in [-0.39, 0.29) is 35.8 Å². The number of rotatable bonds is 11. The molecule has 1 aliphatic carbocycles. The zero-order valence-corrected chi connectivity index (χ0v) is 15.9. The average molecular weight is 428 g/mol. The predicted octanol–water partition coefficient (Wildman–Crippen LogP) is 0.349. The summed E-state index contributed by atoms with van der Waals surface area (Å²) < 4.78 is 10.3. The van der Waals surface area contributed by atoms with E-state index >= 15 is 0 Å². The van der Waals surface area contributed by atoms with Gasteiger partial charge in [-0.25, -0.2) is 0 Å². The SMILES string of the molecule is CN=C(NCCCOCCOC)NCCNC(=O)C1CC1.I. The molecule has 1 rings (SSSR count). The number of nitrogens with zero attached hydrogens (tertiary/aromatic N) is 1. The fourth-order valence-corrected chi connectivity index (χ4v) is 1.70. The van der Waals surface area contributed by atoms with Crippen molar-refractivity contribution in [3.63, 3.8) is 0 Å². The number of aliphatic imine (C=N–C) groups is 1. The van der Waals surface area contributed by atoms with Crippen LogP contribution in [-0.2, 0) is 14.3 Å². The van der Waals surface area contributed by atoms with Gasteiger partial charge in [0.1, 0.15) is 0 Å². The lowest BCUT2D eigenvalue weighted by Crippen LogP contribution is -2.42.